The molecule has 0 amide bonds. The van der Waals surface area contributed by atoms with E-state index in [1.807, 2.05) is 0 Å². The molecule has 11 aromatic rings. The van der Waals surface area contributed by atoms with E-state index in [1.54, 1.807) is 0 Å². The highest BCUT2D eigenvalue weighted by atomic mass is 16.3. The van der Waals surface area contributed by atoms with Crippen LogP contribution >= 0.6 is 0 Å². The molecule has 0 saturated heterocycles. The maximum Gasteiger partial charge on any atom is 0.142 e. The summed E-state index contributed by atoms with van der Waals surface area (Å²) in [6, 6.07) is 62.8. The number of fused-ring (bicyclic) bond motifs is 12. The lowest BCUT2D eigenvalue weighted by Gasteiger charge is -2.28. The first-order chi connectivity index (χ1) is 33.0. The molecule has 4 nitrogen and oxygen atoms in total. The van der Waals surface area contributed by atoms with Gasteiger partial charge in [-0.2, -0.15) is 0 Å². The lowest BCUT2D eigenvalue weighted by atomic mass is 9.82. The van der Waals surface area contributed by atoms with E-state index in [0.717, 1.165) is 87.7 Å². The molecule has 0 radical (unpaired) electrons. The number of hydrogen-bond donors (Lipinski definition) is 0. The molecule has 0 spiro atoms. The van der Waals surface area contributed by atoms with Crippen molar-refractivity contribution < 1.29 is 8.83 Å². The molecule has 0 aliphatic heterocycles. The van der Waals surface area contributed by atoms with Crippen molar-refractivity contribution in [2.45, 2.75) is 44.9 Å². The maximum absolute atomic E-state index is 6.57. The number of anilines is 3. The van der Waals surface area contributed by atoms with Gasteiger partial charge in [0.15, 0.2) is 0 Å². The van der Waals surface area contributed by atoms with Crippen LogP contribution in [0.4, 0.5) is 17.1 Å². The highest BCUT2D eigenvalue weighted by Crippen LogP contribution is 2.52. The fourth-order valence-corrected chi connectivity index (χ4v) is 11.6. The zero-order valence-electron chi connectivity index (χ0n) is 37.5. The Morgan fingerprint density at radius 3 is 1.48 bits per heavy atom. The number of hydrogen-bond acceptors (Lipinski definition) is 3. The number of furan rings is 2. The second-order valence-electron chi connectivity index (χ2n) is 19.0. The van der Waals surface area contributed by atoms with Crippen molar-refractivity contribution >= 4 is 73.0 Å². The Kier molecular flexibility index (Phi) is 8.25. The molecule has 0 bridgehead atoms. The van der Waals surface area contributed by atoms with Gasteiger partial charge in [-0.25, -0.2) is 0 Å². The van der Waals surface area contributed by atoms with E-state index in [4.69, 9.17) is 8.83 Å². The van der Waals surface area contributed by atoms with Crippen LogP contribution in [0.5, 0.6) is 0 Å². The van der Waals surface area contributed by atoms with E-state index in [1.165, 1.54) is 71.6 Å². The highest BCUT2D eigenvalue weighted by molar-refractivity contribution is 6.09. The van der Waals surface area contributed by atoms with E-state index < -0.39 is 0 Å². The van der Waals surface area contributed by atoms with Crippen LogP contribution in [0.1, 0.15) is 60.5 Å². The Labute approximate surface area is 389 Å². The quantitative estimate of drug-likeness (QED) is 0.167. The Morgan fingerprint density at radius 1 is 0.448 bits per heavy atom. The number of benzene rings is 8. The highest BCUT2D eigenvalue weighted by Gasteiger charge is 2.37. The number of allylic oxidation sites excluding steroid dienone is 2. The summed E-state index contributed by atoms with van der Waals surface area (Å²) in [6.45, 7) is 4.77. The lowest BCUT2D eigenvalue weighted by Crippen LogP contribution is -2.17. The Morgan fingerprint density at radius 2 is 0.925 bits per heavy atom. The maximum atomic E-state index is 6.57. The minimum atomic E-state index is -0.249. The van der Waals surface area contributed by atoms with Crippen LogP contribution in [-0.4, -0.2) is 4.57 Å². The van der Waals surface area contributed by atoms with Crippen molar-refractivity contribution in [3.05, 3.63) is 216 Å². The largest absolute Gasteiger partial charge is 0.460 e. The predicted molar refractivity (Wildman–Crippen MR) is 278 cm³/mol. The van der Waals surface area contributed by atoms with Gasteiger partial charge in [0.25, 0.3) is 0 Å². The molecule has 67 heavy (non-hydrogen) atoms. The van der Waals surface area contributed by atoms with Crippen LogP contribution in [0.3, 0.4) is 0 Å². The van der Waals surface area contributed by atoms with Crippen molar-refractivity contribution in [3.8, 4) is 39.1 Å². The Bertz CT molecular complexity index is 3690. The molecular weight excluding hydrogens is 817 g/mol. The zero-order chi connectivity index (χ0) is 44.4. The summed E-state index contributed by atoms with van der Waals surface area (Å²) in [5.74, 6) is 2.17. The molecule has 3 aliphatic rings. The van der Waals surface area contributed by atoms with Gasteiger partial charge in [-0.3, -0.25) is 0 Å². The van der Waals surface area contributed by atoms with Gasteiger partial charge >= 0.3 is 0 Å². The monoisotopic (exact) mass is 862 g/mol. The van der Waals surface area contributed by atoms with Crippen molar-refractivity contribution in [1.82, 2.24) is 4.57 Å². The van der Waals surface area contributed by atoms with E-state index in [9.17, 15) is 0 Å². The summed E-state index contributed by atoms with van der Waals surface area (Å²) in [6.07, 6.45) is 12.9. The van der Waals surface area contributed by atoms with Crippen LogP contribution in [0.2, 0.25) is 0 Å². The molecule has 0 N–H and O–H groups in total. The summed E-state index contributed by atoms with van der Waals surface area (Å²) >= 11 is 0. The fourth-order valence-electron chi connectivity index (χ4n) is 11.6. The van der Waals surface area contributed by atoms with Gasteiger partial charge in [-0.1, -0.05) is 147 Å². The second-order valence-corrected chi connectivity index (χ2v) is 19.0. The minimum absolute atomic E-state index is 0.249. The fraction of sp³-hybridized carbons (Fsp3) is 0.111. The number of nitrogens with zero attached hydrogens (tertiary/aromatic N) is 2. The van der Waals surface area contributed by atoms with Crippen molar-refractivity contribution in [2.75, 3.05) is 4.90 Å². The summed E-state index contributed by atoms with van der Waals surface area (Å²) in [4.78, 5) is 2.41. The van der Waals surface area contributed by atoms with Crippen molar-refractivity contribution in [1.29, 1.82) is 0 Å². The number of aryl methyl sites for hydroxylation is 2. The van der Waals surface area contributed by atoms with E-state index >= 15 is 0 Å². The first kappa shape index (κ1) is 38.2. The molecule has 320 valence electrons. The number of rotatable bonds is 6. The Balaban J connectivity index is 0.880. The summed E-state index contributed by atoms with van der Waals surface area (Å²) in [7, 11) is 0. The SMILES string of the molecule is CC1(C)c2cc(N(c3ccc(-c4cccc5c6c(oc45)CCC=C6)cc3)c3ccc(-c4cccc5c6c(oc45)CCC=C6)cc3)ccc2-c2ccc(-n3c4ccccc4c4ccccc43)cc21. The normalized spacial score (nSPS) is 14.5. The molecule has 4 heteroatoms. The molecule has 3 aliphatic carbocycles. The summed E-state index contributed by atoms with van der Waals surface area (Å²) < 4.78 is 15.6. The van der Waals surface area contributed by atoms with Crippen LogP contribution < -0.4 is 4.90 Å². The van der Waals surface area contributed by atoms with E-state index in [2.05, 4.69) is 217 Å². The molecule has 14 rings (SSSR count). The van der Waals surface area contributed by atoms with Gasteiger partial charge in [0.2, 0.25) is 0 Å². The topological polar surface area (TPSA) is 34.5 Å². The molecule has 0 fully saturated rings. The van der Waals surface area contributed by atoms with Gasteiger partial charge in [-0.05, 0) is 107 Å². The van der Waals surface area contributed by atoms with Crippen LogP contribution in [0.15, 0.2) is 191 Å². The lowest BCUT2D eigenvalue weighted by molar-refractivity contribution is 0.546. The standard InChI is InChI=1S/C63H46N2O2/c1-63(2)55-37-43(33-35-47(55)48-36-34-44(38-56(48)63)65-57-21-7-3-13-49(57)50-14-4-8-22-58(50)65)64(41-29-25-39(26-30-41)45-17-11-19-53-51-15-5-9-23-59(51)66-61(45)53)42-31-27-40(28-32-42)46-18-12-20-54-52-16-6-10-24-60(52)67-62(46)54/h3-8,11-22,25-38H,9-10,23-24H2,1-2H3. The number of aromatic nitrogens is 1. The van der Waals surface area contributed by atoms with E-state index in [-0.39, 0.29) is 5.41 Å². The van der Waals surface area contributed by atoms with Gasteiger partial charge in [0, 0.05) is 84.8 Å². The van der Waals surface area contributed by atoms with Crippen LogP contribution in [0, 0.1) is 0 Å². The molecule has 0 atom stereocenters. The molecular formula is C63H46N2O2. The molecule has 0 unspecified atom stereocenters. The first-order valence-corrected chi connectivity index (χ1v) is 23.7. The molecule has 0 saturated carbocycles. The molecule has 3 aromatic heterocycles. The molecule has 8 aromatic carbocycles. The summed E-state index contributed by atoms with van der Waals surface area (Å²) in [5, 5.41) is 4.91. The predicted octanol–water partition coefficient (Wildman–Crippen LogP) is 17.3. The van der Waals surface area contributed by atoms with E-state index in [0.29, 0.717) is 0 Å². The summed E-state index contributed by atoms with van der Waals surface area (Å²) in [5.41, 5.74) is 20.8. The first-order valence-electron chi connectivity index (χ1n) is 23.7. The van der Waals surface area contributed by atoms with Gasteiger partial charge in [0.1, 0.15) is 22.7 Å². The Hall–Kier alpha value is -8.08. The van der Waals surface area contributed by atoms with Gasteiger partial charge < -0.3 is 18.3 Å². The van der Waals surface area contributed by atoms with Gasteiger partial charge in [0.05, 0.1) is 11.0 Å². The van der Waals surface area contributed by atoms with Crippen molar-refractivity contribution in [2.24, 2.45) is 0 Å². The third-order valence-corrected chi connectivity index (χ3v) is 14.9. The number of para-hydroxylation sites is 4. The third kappa shape index (κ3) is 5.72. The van der Waals surface area contributed by atoms with Crippen LogP contribution in [0.25, 0.3) is 95.0 Å². The minimum Gasteiger partial charge on any atom is -0.460 e. The third-order valence-electron chi connectivity index (χ3n) is 14.9. The molecule has 3 heterocycles. The average Bonchev–Trinajstić information content (AvgIpc) is 4.11. The van der Waals surface area contributed by atoms with Gasteiger partial charge in [-0.15, -0.1) is 0 Å². The second kappa shape index (κ2) is 14.5. The zero-order valence-corrected chi connectivity index (χ0v) is 37.5. The van der Waals surface area contributed by atoms with Crippen molar-refractivity contribution in [3.63, 3.8) is 0 Å². The van der Waals surface area contributed by atoms with Crippen LogP contribution in [-0.2, 0) is 18.3 Å². The average molecular weight is 863 g/mol. The smallest absolute Gasteiger partial charge is 0.142 e.